The molecule has 2 aromatic rings. The molecule has 0 aliphatic carbocycles. The maximum absolute atomic E-state index is 13.5. The van der Waals surface area contributed by atoms with Crippen molar-refractivity contribution in [3.8, 4) is 0 Å². The molecular weight excluding hydrogens is 198 g/mol. The lowest BCUT2D eigenvalue weighted by Crippen LogP contribution is -1.96. The molecule has 1 aromatic carbocycles. The fraction of sp³-hybridized carbons (Fsp3) is 0.182. The number of aryl methyl sites for hydroxylation is 1. The predicted octanol–water partition coefficient (Wildman–Crippen LogP) is 2.86. The van der Waals surface area contributed by atoms with Crippen LogP contribution in [0.25, 0.3) is 10.9 Å². The van der Waals surface area contributed by atoms with E-state index in [-0.39, 0.29) is 0 Å². The molecule has 0 spiro atoms. The summed E-state index contributed by atoms with van der Waals surface area (Å²) in [7, 11) is 1.69. The van der Waals surface area contributed by atoms with E-state index in [9.17, 15) is 8.78 Å². The molecule has 0 saturated carbocycles. The van der Waals surface area contributed by atoms with E-state index in [1.165, 1.54) is 6.07 Å². The first-order valence-corrected chi connectivity index (χ1v) is 4.56. The highest BCUT2D eigenvalue weighted by Gasteiger charge is 2.09. The van der Waals surface area contributed by atoms with E-state index in [0.29, 0.717) is 16.6 Å². The summed E-state index contributed by atoms with van der Waals surface area (Å²) in [5.74, 6) is -1.21. The molecule has 78 valence electrons. The number of anilines is 1. The van der Waals surface area contributed by atoms with Crippen molar-refractivity contribution < 1.29 is 8.78 Å². The second kappa shape index (κ2) is 3.46. The Morgan fingerprint density at radius 2 is 1.93 bits per heavy atom. The van der Waals surface area contributed by atoms with Gasteiger partial charge < -0.3 is 5.32 Å². The van der Waals surface area contributed by atoms with E-state index in [1.54, 1.807) is 20.0 Å². The van der Waals surface area contributed by atoms with Crippen LogP contribution in [0.15, 0.2) is 18.2 Å². The van der Waals surface area contributed by atoms with E-state index in [0.717, 1.165) is 11.8 Å². The molecule has 2 nitrogen and oxygen atoms in total. The number of hydrogen-bond acceptors (Lipinski definition) is 2. The van der Waals surface area contributed by atoms with Crippen molar-refractivity contribution in [2.24, 2.45) is 0 Å². The second-order valence-corrected chi connectivity index (χ2v) is 3.34. The third kappa shape index (κ3) is 1.63. The molecule has 1 aromatic heterocycles. The van der Waals surface area contributed by atoms with Crippen molar-refractivity contribution in [3.63, 3.8) is 0 Å². The number of pyridine rings is 1. The van der Waals surface area contributed by atoms with Gasteiger partial charge in [-0.3, -0.25) is 4.98 Å². The molecule has 0 bridgehead atoms. The van der Waals surface area contributed by atoms with Gasteiger partial charge in [0.15, 0.2) is 0 Å². The van der Waals surface area contributed by atoms with Crippen LogP contribution in [0.4, 0.5) is 14.5 Å². The van der Waals surface area contributed by atoms with Gasteiger partial charge in [-0.25, -0.2) is 8.78 Å². The van der Waals surface area contributed by atoms with Gasteiger partial charge in [-0.1, -0.05) is 0 Å². The van der Waals surface area contributed by atoms with Crippen molar-refractivity contribution in [2.75, 3.05) is 12.4 Å². The second-order valence-electron chi connectivity index (χ2n) is 3.34. The van der Waals surface area contributed by atoms with Crippen LogP contribution >= 0.6 is 0 Å². The zero-order chi connectivity index (χ0) is 11.0. The Balaban J connectivity index is 2.90. The number of fused-ring (bicyclic) bond motifs is 1. The van der Waals surface area contributed by atoms with Crippen LogP contribution in [0.3, 0.4) is 0 Å². The Morgan fingerprint density at radius 1 is 1.20 bits per heavy atom. The zero-order valence-electron chi connectivity index (χ0n) is 8.44. The summed E-state index contributed by atoms with van der Waals surface area (Å²) in [5, 5.41) is 3.19. The minimum Gasteiger partial charge on any atom is -0.387 e. The first-order valence-electron chi connectivity index (χ1n) is 4.56. The fourth-order valence-corrected chi connectivity index (χ4v) is 1.62. The van der Waals surface area contributed by atoms with Gasteiger partial charge in [0.2, 0.25) is 0 Å². The van der Waals surface area contributed by atoms with Crippen molar-refractivity contribution in [2.45, 2.75) is 6.92 Å². The summed E-state index contributed by atoms with van der Waals surface area (Å²) in [4.78, 5) is 4.09. The first-order chi connectivity index (χ1) is 7.11. The van der Waals surface area contributed by atoms with E-state index in [2.05, 4.69) is 10.3 Å². The van der Waals surface area contributed by atoms with Gasteiger partial charge >= 0.3 is 0 Å². The molecule has 2 rings (SSSR count). The first kappa shape index (κ1) is 9.83. The summed E-state index contributed by atoms with van der Waals surface area (Å²) in [5.41, 5.74) is 1.67. The number of halogens is 2. The van der Waals surface area contributed by atoms with E-state index in [4.69, 9.17) is 0 Å². The minimum atomic E-state index is -0.611. The van der Waals surface area contributed by atoms with Gasteiger partial charge in [0.05, 0.1) is 10.9 Å². The largest absolute Gasteiger partial charge is 0.387 e. The molecule has 0 aliphatic heterocycles. The third-order valence-corrected chi connectivity index (χ3v) is 2.22. The average Bonchev–Trinajstić information content (AvgIpc) is 2.14. The summed E-state index contributed by atoms with van der Waals surface area (Å²) >= 11 is 0. The van der Waals surface area contributed by atoms with Crippen LogP contribution in [-0.4, -0.2) is 12.0 Å². The fourth-order valence-electron chi connectivity index (χ4n) is 1.62. The van der Waals surface area contributed by atoms with Crippen molar-refractivity contribution in [1.82, 2.24) is 4.98 Å². The Hall–Kier alpha value is -1.71. The summed E-state index contributed by atoms with van der Waals surface area (Å²) < 4.78 is 26.5. The van der Waals surface area contributed by atoms with Crippen LogP contribution in [0.1, 0.15) is 5.69 Å². The maximum Gasteiger partial charge on any atom is 0.137 e. The van der Waals surface area contributed by atoms with Crippen molar-refractivity contribution >= 4 is 16.6 Å². The number of nitrogens with one attached hydrogen (secondary N) is 1. The molecular formula is C11H10F2N2. The highest BCUT2D eigenvalue weighted by Crippen LogP contribution is 2.26. The maximum atomic E-state index is 13.5. The topological polar surface area (TPSA) is 24.9 Å². The highest BCUT2D eigenvalue weighted by atomic mass is 19.1. The normalized spacial score (nSPS) is 10.7. The lowest BCUT2D eigenvalue weighted by atomic mass is 10.1. The molecule has 0 radical (unpaired) electrons. The number of hydrogen-bond donors (Lipinski definition) is 1. The molecule has 0 amide bonds. The smallest absolute Gasteiger partial charge is 0.137 e. The Bertz CT molecular complexity index is 518. The van der Waals surface area contributed by atoms with Crippen LogP contribution in [0.2, 0.25) is 0 Å². The third-order valence-electron chi connectivity index (χ3n) is 2.22. The van der Waals surface area contributed by atoms with Crippen LogP contribution in [-0.2, 0) is 0 Å². The Kier molecular flexibility index (Phi) is 2.26. The molecule has 0 unspecified atom stereocenters. The van der Waals surface area contributed by atoms with Crippen LogP contribution in [0.5, 0.6) is 0 Å². The van der Waals surface area contributed by atoms with Gasteiger partial charge in [0, 0.05) is 30.6 Å². The lowest BCUT2D eigenvalue weighted by Gasteiger charge is -2.08. The monoisotopic (exact) mass is 208 g/mol. The molecule has 15 heavy (non-hydrogen) atoms. The zero-order valence-corrected chi connectivity index (χ0v) is 8.44. The highest BCUT2D eigenvalue weighted by molar-refractivity contribution is 5.91. The van der Waals surface area contributed by atoms with Gasteiger partial charge in [-0.2, -0.15) is 0 Å². The SMILES string of the molecule is CNc1cc(C)nc2cc(F)cc(F)c12. The Morgan fingerprint density at radius 3 is 2.60 bits per heavy atom. The summed E-state index contributed by atoms with van der Waals surface area (Å²) in [6, 6.07) is 3.82. The molecule has 1 heterocycles. The standard InChI is InChI=1S/C11H10F2N2/c1-6-3-9(14-2)11-8(13)4-7(12)5-10(11)15-6/h3-5H,1-2H3,(H,14,15). The van der Waals surface area contributed by atoms with E-state index < -0.39 is 11.6 Å². The molecule has 0 fully saturated rings. The molecule has 4 heteroatoms. The quantitative estimate of drug-likeness (QED) is 0.779. The number of rotatable bonds is 1. The number of aromatic nitrogens is 1. The Labute approximate surface area is 85.9 Å². The lowest BCUT2D eigenvalue weighted by molar-refractivity contribution is 0.591. The van der Waals surface area contributed by atoms with Crippen LogP contribution in [0, 0.1) is 18.6 Å². The van der Waals surface area contributed by atoms with Gasteiger partial charge in [-0.05, 0) is 13.0 Å². The molecule has 0 saturated heterocycles. The molecule has 1 N–H and O–H groups in total. The molecule has 0 aliphatic rings. The van der Waals surface area contributed by atoms with Gasteiger partial charge in [0.1, 0.15) is 11.6 Å². The minimum absolute atomic E-state index is 0.324. The summed E-state index contributed by atoms with van der Waals surface area (Å²) in [6.07, 6.45) is 0. The average molecular weight is 208 g/mol. The van der Waals surface area contributed by atoms with Gasteiger partial charge in [-0.15, -0.1) is 0 Å². The molecule has 0 atom stereocenters. The predicted molar refractivity (Wildman–Crippen MR) is 55.9 cm³/mol. The van der Waals surface area contributed by atoms with Gasteiger partial charge in [0.25, 0.3) is 0 Å². The van der Waals surface area contributed by atoms with Crippen molar-refractivity contribution in [1.29, 1.82) is 0 Å². The number of benzene rings is 1. The van der Waals surface area contributed by atoms with Crippen LogP contribution < -0.4 is 5.32 Å². The summed E-state index contributed by atoms with van der Waals surface area (Å²) in [6.45, 7) is 1.78. The number of nitrogens with zero attached hydrogens (tertiary/aromatic N) is 1. The van der Waals surface area contributed by atoms with E-state index in [1.807, 2.05) is 0 Å². The van der Waals surface area contributed by atoms with E-state index >= 15 is 0 Å². The van der Waals surface area contributed by atoms with Crippen molar-refractivity contribution in [3.05, 3.63) is 35.5 Å².